The van der Waals surface area contributed by atoms with E-state index in [0.717, 1.165) is 18.4 Å². The van der Waals surface area contributed by atoms with Crippen LogP contribution in [0.25, 0.3) is 0 Å². The number of ether oxygens (including phenoxy) is 1. The van der Waals surface area contributed by atoms with Gasteiger partial charge < -0.3 is 10.5 Å². The lowest BCUT2D eigenvalue weighted by Crippen LogP contribution is -2.42. The number of hydrogen-bond acceptors (Lipinski definition) is 2. The van der Waals surface area contributed by atoms with Crippen LogP contribution in [0.2, 0.25) is 0 Å². The van der Waals surface area contributed by atoms with Crippen LogP contribution < -0.4 is 5.73 Å². The van der Waals surface area contributed by atoms with Gasteiger partial charge in [-0.1, -0.05) is 32.6 Å². The predicted octanol–water partition coefficient (Wildman–Crippen LogP) is 3.49. The lowest BCUT2D eigenvalue weighted by Gasteiger charge is -2.34. The van der Waals surface area contributed by atoms with Crippen LogP contribution >= 0.6 is 0 Å². The fourth-order valence-electron chi connectivity index (χ4n) is 3.53. The summed E-state index contributed by atoms with van der Waals surface area (Å²) in [4.78, 5) is 0. The topological polar surface area (TPSA) is 35.2 Å². The van der Waals surface area contributed by atoms with Gasteiger partial charge in [0.1, 0.15) is 0 Å². The maximum Gasteiger partial charge on any atom is 0.0728 e. The second kappa shape index (κ2) is 6.75. The molecule has 100 valence electrons. The van der Waals surface area contributed by atoms with E-state index in [1.165, 1.54) is 57.8 Å². The van der Waals surface area contributed by atoms with E-state index in [-0.39, 0.29) is 0 Å². The fourth-order valence-corrected chi connectivity index (χ4v) is 3.53. The first-order chi connectivity index (χ1) is 8.29. The normalized spacial score (nSPS) is 35.3. The molecule has 0 amide bonds. The van der Waals surface area contributed by atoms with E-state index in [2.05, 4.69) is 6.92 Å². The highest BCUT2D eigenvalue weighted by Crippen LogP contribution is 2.31. The molecule has 0 heterocycles. The van der Waals surface area contributed by atoms with Crippen LogP contribution in [0.5, 0.6) is 0 Å². The van der Waals surface area contributed by atoms with E-state index in [9.17, 15) is 0 Å². The lowest BCUT2D eigenvalue weighted by molar-refractivity contribution is -0.0171. The smallest absolute Gasteiger partial charge is 0.0728 e. The van der Waals surface area contributed by atoms with E-state index < -0.39 is 0 Å². The van der Waals surface area contributed by atoms with Gasteiger partial charge in [0.25, 0.3) is 0 Å². The van der Waals surface area contributed by atoms with Crippen molar-refractivity contribution >= 4 is 0 Å². The molecule has 3 unspecified atom stereocenters. The third kappa shape index (κ3) is 3.96. The molecule has 0 saturated heterocycles. The summed E-state index contributed by atoms with van der Waals surface area (Å²) in [6, 6.07) is 0.296. The molecule has 2 N–H and O–H groups in total. The van der Waals surface area contributed by atoms with E-state index >= 15 is 0 Å². The Balaban J connectivity index is 1.72. The Morgan fingerprint density at radius 2 is 1.82 bits per heavy atom. The van der Waals surface area contributed by atoms with Crippen molar-refractivity contribution in [3.63, 3.8) is 0 Å². The molecule has 2 rings (SSSR count). The van der Waals surface area contributed by atoms with Gasteiger partial charge in [-0.2, -0.15) is 0 Å². The van der Waals surface area contributed by atoms with Crippen LogP contribution in [0, 0.1) is 11.8 Å². The number of rotatable bonds is 5. The standard InChI is InChI=1S/C15H29NO/c1-2-5-12-8-9-14(16)15(10-12)17-11-13-6-3-4-7-13/h12-15H,2-11,16H2,1H3. The maximum absolute atomic E-state index is 6.20. The molecule has 2 saturated carbocycles. The molecule has 2 heteroatoms. The second-order valence-corrected chi connectivity index (χ2v) is 6.15. The Kier molecular flexibility index (Phi) is 5.30. The van der Waals surface area contributed by atoms with Crippen LogP contribution in [0.15, 0.2) is 0 Å². The molecule has 0 aromatic heterocycles. The van der Waals surface area contributed by atoms with Gasteiger partial charge in [0, 0.05) is 12.6 Å². The van der Waals surface area contributed by atoms with Gasteiger partial charge >= 0.3 is 0 Å². The Hall–Kier alpha value is -0.0800. The van der Waals surface area contributed by atoms with Crippen LogP contribution in [0.3, 0.4) is 0 Å². The van der Waals surface area contributed by atoms with E-state index in [1.807, 2.05) is 0 Å². The summed E-state index contributed by atoms with van der Waals surface area (Å²) in [5.74, 6) is 1.70. The Morgan fingerprint density at radius 1 is 1.06 bits per heavy atom. The summed E-state index contributed by atoms with van der Waals surface area (Å²) < 4.78 is 6.13. The van der Waals surface area contributed by atoms with Gasteiger partial charge in [0.05, 0.1) is 6.10 Å². The summed E-state index contributed by atoms with van der Waals surface area (Å²) in [5, 5.41) is 0. The van der Waals surface area contributed by atoms with Crippen molar-refractivity contribution in [2.75, 3.05) is 6.61 Å². The summed E-state index contributed by atoms with van der Waals surface area (Å²) in [6.07, 6.45) is 12.3. The third-order valence-electron chi connectivity index (χ3n) is 4.67. The van der Waals surface area contributed by atoms with Gasteiger partial charge in [-0.3, -0.25) is 0 Å². The minimum Gasteiger partial charge on any atom is -0.376 e. The number of hydrogen-bond donors (Lipinski definition) is 1. The quantitative estimate of drug-likeness (QED) is 0.797. The maximum atomic E-state index is 6.20. The van der Waals surface area contributed by atoms with Crippen LogP contribution in [-0.2, 0) is 4.74 Å². The van der Waals surface area contributed by atoms with Gasteiger partial charge in [-0.25, -0.2) is 0 Å². The van der Waals surface area contributed by atoms with Crippen LogP contribution in [0.4, 0.5) is 0 Å². The van der Waals surface area contributed by atoms with Gasteiger partial charge in [0.15, 0.2) is 0 Å². The summed E-state index contributed by atoms with van der Waals surface area (Å²) in [5.41, 5.74) is 6.20. The van der Waals surface area contributed by atoms with Crippen molar-refractivity contribution in [3.8, 4) is 0 Å². The molecule has 3 atom stereocenters. The van der Waals surface area contributed by atoms with Crippen molar-refractivity contribution in [1.29, 1.82) is 0 Å². The first-order valence-electron chi connectivity index (χ1n) is 7.66. The predicted molar refractivity (Wildman–Crippen MR) is 71.9 cm³/mol. The fraction of sp³-hybridized carbons (Fsp3) is 1.00. The Morgan fingerprint density at radius 3 is 2.53 bits per heavy atom. The van der Waals surface area contributed by atoms with E-state index in [1.54, 1.807) is 0 Å². The first-order valence-corrected chi connectivity index (χ1v) is 7.66. The molecule has 0 aromatic rings. The monoisotopic (exact) mass is 239 g/mol. The van der Waals surface area contributed by atoms with Crippen molar-refractivity contribution in [2.24, 2.45) is 17.6 Å². The molecule has 17 heavy (non-hydrogen) atoms. The second-order valence-electron chi connectivity index (χ2n) is 6.15. The van der Waals surface area contributed by atoms with Crippen LogP contribution in [-0.4, -0.2) is 18.8 Å². The highest BCUT2D eigenvalue weighted by molar-refractivity contribution is 4.83. The minimum absolute atomic E-state index is 0.296. The van der Waals surface area contributed by atoms with Crippen molar-refractivity contribution < 1.29 is 4.74 Å². The van der Waals surface area contributed by atoms with E-state index in [0.29, 0.717) is 12.1 Å². The van der Waals surface area contributed by atoms with Gasteiger partial charge in [0.2, 0.25) is 0 Å². The molecule has 0 aliphatic heterocycles. The molecule has 0 spiro atoms. The van der Waals surface area contributed by atoms with Gasteiger partial charge in [-0.15, -0.1) is 0 Å². The molecular formula is C15H29NO. The zero-order chi connectivity index (χ0) is 12.1. The first kappa shape index (κ1) is 13.4. The molecule has 0 bridgehead atoms. The summed E-state index contributed by atoms with van der Waals surface area (Å²) >= 11 is 0. The van der Waals surface area contributed by atoms with Crippen molar-refractivity contribution in [2.45, 2.75) is 76.9 Å². The lowest BCUT2D eigenvalue weighted by atomic mass is 9.82. The molecular weight excluding hydrogens is 210 g/mol. The van der Waals surface area contributed by atoms with Crippen molar-refractivity contribution in [3.05, 3.63) is 0 Å². The Labute approximate surface area is 106 Å². The largest absolute Gasteiger partial charge is 0.376 e. The highest BCUT2D eigenvalue weighted by Gasteiger charge is 2.29. The zero-order valence-electron chi connectivity index (χ0n) is 11.4. The molecule has 2 aliphatic carbocycles. The Bertz CT molecular complexity index is 213. The summed E-state index contributed by atoms with van der Waals surface area (Å²) in [6.45, 7) is 3.25. The SMILES string of the molecule is CCCC1CCC(N)C(OCC2CCCC2)C1. The van der Waals surface area contributed by atoms with Gasteiger partial charge in [-0.05, 0) is 43.9 Å². The number of nitrogens with two attached hydrogens (primary N) is 1. The third-order valence-corrected chi connectivity index (χ3v) is 4.67. The minimum atomic E-state index is 0.296. The zero-order valence-corrected chi connectivity index (χ0v) is 11.4. The summed E-state index contributed by atoms with van der Waals surface area (Å²) in [7, 11) is 0. The van der Waals surface area contributed by atoms with E-state index in [4.69, 9.17) is 10.5 Å². The average Bonchev–Trinajstić information content (AvgIpc) is 2.83. The van der Waals surface area contributed by atoms with Crippen molar-refractivity contribution in [1.82, 2.24) is 0 Å². The van der Waals surface area contributed by atoms with Crippen LogP contribution in [0.1, 0.15) is 64.7 Å². The molecule has 2 nitrogen and oxygen atoms in total. The molecule has 2 fully saturated rings. The molecule has 0 radical (unpaired) electrons. The molecule has 2 aliphatic rings. The highest BCUT2D eigenvalue weighted by atomic mass is 16.5. The average molecular weight is 239 g/mol. The molecule has 0 aromatic carbocycles.